The van der Waals surface area contributed by atoms with Crippen LogP contribution in [-0.4, -0.2) is 48.4 Å². The van der Waals surface area contributed by atoms with Crippen molar-refractivity contribution >= 4 is 23.1 Å². The standard InChI is InChI=1S/C25H30FN3O5/c1-3-32-21-12-17(13-22(24(21)26)33-4-2)15-29(18-7-9-27-10-8-18)25-28-19-11-16(14-23(30)31)5-6-20(19)34-25/h5-6,11-13,18,27H,3-4,7-10,14-15H2,1-2H3,(H,30,31). The maximum atomic E-state index is 14.8. The maximum Gasteiger partial charge on any atom is 0.307 e. The lowest BCUT2D eigenvalue weighted by molar-refractivity contribution is -0.136. The van der Waals surface area contributed by atoms with Crippen LogP contribution in [0.2, 0.25) is 0 Å². The molecule has 0 amide bonds. The van der Waals surface area contributed by atoms with E-state index in [1.165, 1.54) is 0 Å². The van der Waals surface area contributed by atoms with E-state index in [1.54, 1.807) is 30.3 Å². The predicted molar refractivity (Wildman–Crippen MR) is 126 cm³/mol. The van der Waals surface area contributed by atoms with E-state index in [1.807, 2.05) is 13.8 Å². The molecule has 1 fully saturated rings. The zero-order valence-corrected chi connectivity index (χ0v) is 19.5. The van der Waals surface area contributed by atoms with Crippen molar-refractivity contribution in [3.05, 3.63) is 47.3 Å². The van der Waals surface area contributed by atoms with Gasteiger partial charge in [0.1, 0.15) is 5.52 Å². The Morgan fingerprint density at radius 1 is 1.15 bits per heavy atom. The molecule has 0 atom stereocenters. The van der Waals surface area contributed by atoms with Crippen LogP contribution in [0.25, 0.3) is 11.1 Å². The number of ether oxygens (including phenoxy) is 2. The van der Waals surface area contributed by atoms with Crippen LogP contribution in [-0.2, 0) is 17.8 Å². The Bertz CT molecular complexity index is 1120. The minimum absolute atomic E-state index is 0.0772. The molecule has 2 N–H and O–H groups in total. The summed E-state index contributed by atoms with van der Waals surface area (Å²) in [5.41, 5.74) is 2.68. The normalized spacial score (nSPS) is 14.3. The van der Waals surface area contributed by atoms with Gasteiger partial charge >= 0.3 is 5.97 Å². The smallest absolute Gasteiger partial charge is 0.307 e. The number of aliphatic carboxylic acids is 1. The van der Waals surface area contributed by atoms with E-state index in [-0.39, 0.29) is 24.0 Å². The summed E-state index contributed by atoms with van der Waals surface area (Å²) in [6.45, 7) is 6.49. The van der Waals surface area contributed by atoms with Gasteiger partial charge in [-0.15, -0.1) is 0 Å². The van der Waals surface area contributed by atoms with Gasteiger partial charge < -0.3 is 29.2 Å². The highest BCUT2D eigenvalue weighted by Crippen LogP contribution is 2.33. The molecule has 34 heavy (non-hydrogen) atoms. The number of carboxylic acid groups (broad SMARTS) is 1. The lowest BCUT2D eigenvalue weighted by atomic mass is 10.0. The van der Waals surface area contributed by atoms with Gasteiger partial charge in [-0.05, 0) is 75.2 Å². The van der Waals surface area contributed by atoms with Crippen LogP contribution in [0, 0.1) is 5.82 Å². The summed E-state index contributed by atoms with van der Waals surface area (Å²) in [6.07, 6.45) is 1.73. The fraction of sp³-hybridized carbons (Fsp3) is 0.440. The van der Waals surface area contributed by atoms with Gasteiger partial charge in [-0.2, -0.15) is 9.37 Å². The highest BCUT2D eigenvalue weighted by molar-refractivity contribution is 5.78. The summed E-state index contributed by atoms with van der Waals surface area (Å²) in [5.74, 6) is -1.09. The molecule has 2 aromatic carbocycles. The van der Waals surface area contributed by atoms with Crippen LogP contribution in [0.1, 0.15) is 37.8 Å². The van der Waals surface area contributed by atoms with Crippen molar-refractivity contribution in [3.8, 4) is 11.5 Å². The molecule has 1 aliphatic rings. The van der Waals surface area contributed by atoms with Crippen molar-refractivity contribution in [3.63, 3.8) is 0 Å². The first-order valence-electron chi connectivity index (χ1n) is 11.6. The lowest BCUT2D eigenvalue weighted by Crippen LogP contribution is -2.43. The van der Waals surface area contributed by atoms with E-state index in [0.29, 0.717) is 42.4 Å². The second kappa shape index (κ2) is 10.7. The van der Waals surface area contributed by atoms with E-state index >= 15 is 0 Å². The number of carbonyl (C=O) groups is 1. The average molecular weight is 472 g/mol. The van der Waals surface area contributed by atoms with Crippen molar-refractivity contribution in [2.24, 2.45) is 0 Å². The Morgan fingerprint density at radius 3 is 2.44 bits per heavy atom. The van der Waals surface area contributed by atoms with Crippen LogP contribution in [0.4, 0.5) is 10.4 Å². The maximum absolute atomic E-state index is 14.8. The third-order valence-corrected chi connectivity index (χ3v) is 5.81. The number of nitrogens with zero attached hydrogens (tertiary/aromatic N) is 2. The number of hydrogen-bond acceptors (Lipinski definition) is 7. The van der Waals surface area contributed by atoms with Crippen molar-refractivity contribution < 1.29 is 28.2 Å². The van der Waals surface area contributed by atoms with E-state index in [9.17, 15) is 9.18 Å². The number of fused-ring (bicyclic) bond motifs is 1. The number of hydrogen-bond donors (Lipinski definition) is 2. The first-order chi connectivity index (χ1) is 16.5. The Morgan fingerprint density at radius 2 is 1.82 bits per heavy atom. The molecule has 9 heteroatoms. The Kier molecular flexibility index (Phi) is 7.52. The topological polar surface area (TPSA) is 97.1 Å². The first-order valence-corrected chi connectivity index (χ1v) is 11.6. The number of oxazole rings is 1. The lowest BCUT2D eigenvalue weighted by Gasteiger charge is -2.33. The average Bonchev–Trinajstić information content (AvgIpc) is 3.24. The summed E-state index contributed by atoms with van der Waals surface area (Å²) in [7, 11) is 0. The number of halogens is 1. The number of benzene rings is 2. The number of carboxylic acids is 1. The summed E-state index contributed by atoms with van der Waals surface area (Å²) in [6, 6.07) is 9.26. The molecule has 0 spiro atoms. The molecule has 3 aromatic rings. The monoisotopic (exact) mass is 471 g/mol. The molecule has 2 heterocycles. The molecule has 0 aliphatic carbocycles. The molecule has 0 radical (unpaired) electrons. The quantitative estimate of drug-likeness (QED) is 0.455. The number of anilines is 1. The fourth-order valence-electron chi connectivity index (χ4n) is 4.28. The summed E-state index contributed by atoms with van der Waals surface area (Å²) >= 11 is 0. The number of piperidine rings is 1. The molecule has 1 saturated heterocycles. The SMILES string of the molecule is CCOc1cc(CN(c2nc3cc(CC(=O)O)ccc3o2)C2CCNCC2)cc(OCC)c1F. The van der Waals surface area contributed by atoms with Crippen LogP contribution in [0.3, 0.4) is 0 Å². The molecular weight excluding hydrogens is 441 g/mol. The largest absolute Gasteiger partial charge is 0.491 e. The van der Waals surface area contributed by atoms with Crippen LogP contribution in [0.5, 0.6) is 11.5 Å². The van der Waals surface area contributed by atoms with Crippen molar-refractivity contribution in [2.45, 2.75) is 45.7 Å². The van der Waals surface area contributed by atoms with Gasteiger partial charge in [0.15, 0.2) is 17.1 Å². The van der Waals surface area contributed by atoms with Gasteiger partial charge in [0.05, 0.1) is 19.6 Å². The fourth-order valence-corrected chi connectivity index (χ4v) is 4.28. The van der Waals surface area contributed by atoms with Crippen LogP contribution >= 0.6 is 0 Å². The third-order valence-electron chi connectivity index (χ3n) is 5.81. The van der Waals surface area contributed by atoms with Crippen molar-refractivity contribution in [1.82, 2.24) is 10.3 Å². The van der Waals surface area contributed by atoms with E-state index in [0.717, 1.165) is 31.5 Å². The van der Waals surface area contributed by atoms with Gasteiger partial charge in [-0.3, -0.25) is 4.79 Å². The third kappa shape index (κ3) is 5.41. The molecule has 0 unspecified atom stereocenters. The first kappa shape index (κ1) is 23.8. The number of aromatic nitrogens is 1. The minimum atomic E-state index is -0.897. The molecule has 1 aliphatic heterocycles. The summed E-state index contributed by atoms with van der Waals surface area (Å²) in [5, 5.41) is 12.5. The molecule has 182 valence electrons. The molecule has 4 rings (SSSR count). The number of rotatable bonds is 10. The molecule has 8 nitrogen and oxygen atoms in total. The van der Waals surface area contributed by atoms with Crippen molar-refractivity contribution in [1.29, 1.82) is 0 Å². The van der Waals surface area contributed by atoms with Gasteiger partial charge in [0.25, 0.3) is 6.01 Å². The number of nitrogens with one attached hydrogen (secondary N) is 1. The van der Waals surface area contributed by atoms with Gasteiger partial charge in [-0.25, -0.2) is 0 Å². The Labute approximate surface area is 197 Å². The molecular formula is C25H30FN3O5. The molecule has 0 saturated carbocycles. The summed E-state index contributed by atoms with van der Waals surface area (Å²) < 4.78 is 31.9. The van der Waals surface area contributed by atoms with E-state index in [2.05, 4.69) is 10.2 Å². The van der Waals surface area contributed by atoms with E-state index < -0.39 is 11.8 Å². The van der Waals surface area contributed by atoms with Gasteiger partial charge in [0, 0.05) is 12.6 Å². The highest BCUT2D eigenvalue weighted by atomic mass is 19.1. The minimum Gasteiger partial charge on any atom is -0.491 e. The second-order valence-electron chi connectivity index (χ2n) is 8.25. The highest BCUT2D eigenvalue weighted by Gasteiger charge is 2.26. The second-order valence-corrected chi connectivity index (χ2v) is 8.25. The zero-order valence-electron chi connectivity index (χ0n) is 19.5. The van der Waals surface area contributed by atoms with Gasteiger partial charge in [0.2, 0.25) is 5.82 Å². The van der Waals surface area contributed by atoms with Crippen molar-refractivity contribution in [2.75, 3.05) is 31.2 Å². The van der Waals surface area contributed by atoms with Crippen LogP contribution in [0.15, 0.2) is 34.7 Å². The Hall–Kier alpha value is -3.33. The Balaban J connectivity index is 1.70. The zero-order chi connectivity index (χ0) is 24.1. The van der Waals surface area contributed by atoms with Gasteiger partial charge in [-0.1, -0.05) is 6.07 Å². The molecule has 1 aromatic heterocycles. The summed E-state index contributed by atoms with van der Waals surface area (Å²) in [4.78, 5) is 17.9. The molecule has 0 bridgehead atoms. The predicted octanol–water partition coefficient (Wildman–Crippen LogP) is 4.15. The van der Waals surface area contributed by atoms with E-state index in [4.69, 9.17) is 24.0 Å². The van der Waals surface area contributed by atoms with Crippen LogP contribution < -0.4 is 19.7 Å².